The summed E-state index contributed by atoms with van der Waals surface area (Å²) in [5.74, 6) is -0.907. The number of benzene rings is 2. The Kier molecular flexibility index (Phi) is 6.68. The Balaban J connectivity index is 1.47. The van der Waals surface area contributed by atoms with Gasteiger partial charge < -0.3 is 14.9 Å². The molecule has 5 nitrogen and oxygen atoms in total. The van der Waals surface area contributed by atoms with Gasteiger partial charge in [0, 0.05) is 36.6 Å². The van der Waals surface area contributed by atoms with Gasteiger partial charge in [-0.15, -0.1) is 0 Å². The van der Waals surface area contributed by atoms with E-state index in [0.717, 1.165) is 21.7 Å². The third-order valence-electron chi connectivity index (χ3n) is 7.12. The van der Waals surface area contributed by atoms with Gasteiger partial charge in [0.2, 0.25) is 0 Å². The number of carbonyl (C=O) groups is 2. The fourth-order valence-electron chi connectivity index (χ4n) is 5.60. The molecule has 1 unspecified atom stereocenters. The quantitative estimate of drug-likeness (QED) is 0.518. The maximum absolute atomic E-state index is 13.3. The highest BCUT2D eigenvalue weighted by Gasteiger charge is 2.47. The lowest BCUT2D eigenvalue weighted by Crippen LogP contribution is -2.48. The van der Waals surface area contributed by atoms with Crippen LogP contribution in [0.2, 0.25) is 0 Å². The maximum Gasteiger partial charge on any atom is 0.416 e. The number of rotatable bonds is 4. The van der Waals surface area contributed by atoms with Gasteiger partial charge in [-0.2, -0.15) is 13.2 Å². The summed E-state index contributed by atoms with van der Waals surface area (Å²) in [6, 6.07) is 10.9. The molecule has 1 aliphatic heterocycles. The molecule has 2 aromatic carbocycles. The second-order valence-electron chi connectivity index (χ2n) is 9.26. The number of carbonyl (C=O) groups excluding carboxylic acids is 1. The van der Waals surface area contributed by atoms with Crippen LogP contribution in [0, 0.1) is 0 Å². The fourth-order valence-corrected chi connectivity index (χ4v) is 6.40. The summed E-state index contributed by atoms with van der Waals surface area (Å²) in [6.45, 7) is 0.792. The number of nitrogens with zero attached hydrogens (tertiary/aromatic N) is 2. The monoisotopic (exact) mass is 538 g/mol. The van der Waals surface area contributed by atoms with Crippen molar-refractivity contribution in [2.24, 2.45) is 0 Å². The third-order valence-corrected chi connectivity index (χ3v) is 7.78. The second-order valence-corrected chi connectivity index (χ2v) is 10.1. The standard InChI is InChI=1S/C25H26BrF3N2O3/c1-30(15-16-5-2-3-7-19(16)25(27,28)29)23(34)31-11-9-24(10-12-31)14-17(13-21(32)33)18-6-4-8-20(26)22(18)24/h2-8,17H,9-15H2,1H3,(H,32,33). The molecule has 1 saturated heterocycles. The zero-order chi connectivity index (χ0) is 24.7. The Bertz CT molecular complexity index is 1100. The van der Waals surface area contributed by atoms with Gasteiger partial charge in [-0.1, -0.05) is 46.3 Å². The number of fused-ring (bicyclic) bond motifs is 2. The van der Waals surface area contributed by atoms with Crippen LogP contribution in [0.25, 0.3) is 0 Å². The number of carboxylic acid groups (broad SMARTS) is 1. The first-order valence-electron chi connectivity index (χ1n) is 11.2. The Hall–Kier alpha value is -2.55. The van der Waals surface area contributed by atoms with Gasteiger partial charge in [0.05, 0.1) is 12.0 Å². The zero-order valence-corrected chi connectivity index (χ0v) is 20.3. The molecule has 0 aromatic heterocycles. The van der Waals surface area contributed by atoms with Crippen molar-refractivity contribution in [1.29, 1.82) is 0 Å². The molecule has 2 aromatic rings. The largest absolute Gasteiger partial charge is 0.481 e. The van der Waals surface area contributed by atoms with E-state index in [4.69, 9.17) is 0 Å². The SMILES string of the molecule is CN(Cc1ccccc1C(F)(F)F)C(=O)N1CCC2(CC1)CC(CC(=O)O)c1cccc(Br)c12. The van der Waals surface area contributed by atoms with E-state index in [-0.39, 0.29) is 35.9 Å². The lowest BCUT2D eigenvalue weighted by Gasteiger charge is -2.42. The van der Waals surface area contributed by atoms with Crippen LogP contribution < -0.4 is 0 Å². The third kappa shape index (κ3) is 4.67. The van der Waals surface area contributed by atoms with Gasteiger partial charge in [0.15, 0.2) is 0 Å². The molecule has 1 heterocycles. The van der Waals surface area contributed by atoms with Crippen molar-refractivity contribution < 1.29 is 27.9 Å². The lowest BCUT2D eigenvalue weighted by molar-refractivity contribution is -0.139. The van der Waals surface area contributed by atoms with Gasteiger partial charge in [-0.05, 0) is 54.0 Å². The zero-order valence-electron chi connectivity index (χ0n) is 18.7. The van der Waals surface area contributed by atoms with Gasteiger partial charge in [-0.25, -0.2) is 4.79 Å². The molecule has 0 bridgehead atoms. The Morgan fingerprint density at radius 2 is 1.82 bits per heavy atom. The molecule has 1 fully saturated rings. The molecule has 0 radical (unpaired) electrons. The fraction of sp³-hybridized carbons (Fsp3) is 0.440. The van der Waals surface area contributed by atoms with Crippen molar-refractivity contribution in [2.75, 3.05) is 20.1 Å². The lowest BCUT2D eigenvalue weighted by atomic mass is 9.73. The molecule has 1 atom stereocenters. The Morgan fingerprint density at radius 3 is 2.47 bits per heavy atom. The molecule has 2 amide bonds. The van der Waals surface area contributed by atoms with Crippen molar-refractivity contribution in [1.82, 2.24) is 9.80 Å². The number of likely N-dealkylation sites (tertiary alicyclic amines) is 1. The summed E-state index contributed by atoms with van der Waals surface area (Å²) in [6.07, 6.45) is -2.34. The van der Waals surface area contributed by atoms with E-state index in [1.807, 2.05) is 18.2 Å². The Morgan fingerprint density at radius 1 is 1.15 bits per heavy atom. The number of carboxylic acids is 1. The smallest absolute Gasteiger partial charge is 0.416 e. The summed E-state index contributed by atoms with van der Waals surface area (Å²) >= 11 is 3.65. The van der Waals surface area contributed by atoms with Crippen molar-refractivity contribution in [3.63, 3.8) is 0 Å². The van der Waals surface area contributed by atoms with E-state index in [9.17, 15) is 27.9 Å². The molecule has 1 spiro atoms. The molecule has 4 rings (SSSR count). The molecular weight excluding hydrogens is 513 g/mol. The van der Waals surface area contributed by atoms with E-state index in [1.54, 1.807) is 4.90 Å². The molecule has 34 heavy (non-hydrogen) atoms. The van der Waals surface area contributed by atoms with Crippen LogP contribution in [0.3, 0.4) is 0 Å². The van der Waals surface area contributed by atoms with E-state index in [1.165, 1.54) is 30.1 Å². The molecule has 1 N–H and O–H groups in total. The van der Waals surface area contributed by atoms with Crippen molar-refractivity contribution in [3.05, 3.63) is 69.2 Å². The van der Waals surface area contributed by atoms with Crippen LogP contribution in [0.4, 0.5) is 18.0 Å². The maximum atomic E-state index is 13.3. The summed E-state index contributed by atoms with van der Waals surface area (Å²) in [5.41, 5.74) is 1.31. The van der Waals surface area contributed by atoms with Gasteiger partial charge in [0.25, 0.3) is 0 Å². The van der Waals surface area contributed by atoms with Crippen LogP contribution >= 0.6 is 15.9 Å². The first-order chi connectivity index (χ1) is 16.0. The minimum Gasteiger partial charge on any atom is -0.481 e. The minimum absolute atomic E-state index is 0.0597. The first kappa shape index (κ1) is 24.6. The topological polar surface area (TPSA) is 60.9 Å². The molecule has 1 aliphatic carbocycles. The van der Waals surface area contributed by atoms with Crippen molar-refractivity contribution in [2.45, 2.75) is 49.7 Å². The highest BCUT2D eigenvalue weighted by molar-refractivity contribution is 9.10. The Labute approximate surface area is 204 Å². The number of aliphatic carboxylic acids is 1. The number of halogens is 4. The predicted octanol–water partition coefficient (Wildman–Crippen LogP) is 6.02. The number of alkyl halides is 3. The first-order valence-corrected chi connectivity index (χ1v) is 12.0. The van der Waals surface area contributed by atoms with Gasteiger partial charge in [0.1, 0.15) is 0 Å². The second kappa shape index (κ2) is 9.24. The summed E-state index contributed by atoms with van der Waals surface area (Å²) in [5, 5.41) is 9.38. The van der Waals surface area contributed by atoms with Gasteiger partial charge in [-0.3, -0.25) is 4.79 Å². The number of piperidine rings is 1. The van der Waals surface area contributed by atoms with Crippen molar-refractivity contribution in [3.8, 4) is 0 Å². The van der Waals surface area contributed by atoms with E-state index < -0.39 is 17.7 Å². The predicted molar refractivity (Wildman–Crippen MR) is 125 cm³/mol. The summed E-state index contributed by atoms with van der Waals surface area (Å²) in [4.78, 5) is 27.5. The molecule has 2 aliphatic rings. The highest BCUT2D eigenvalue weighted by atomic mass is 79.9. The number of amides is 2. The van der Waals surface area contributed by atoms with Gasteiger partial charge >= 0.3 is 18.2 Å². The van der Waals surface area contributed by atoms with Crippen LogP contribution in [-0.2, 0) is 22.9 Å². The van der Waals surface area contributed by atoms with E-state index in [2.05, 4.69) is 15.9 Å². The van der Waals surface area contributed by atoms with Crippen LogP contribution in [0.1, 0.15) is 53.9 Å². The molecule has 9 heteroatoms. The van der Waals surface area contributed by atoms with Crippen molar-refractivity contribution >= 4 is 27.9 Å². The van der Waals surface area contributed by atoms with E-state index >= 15 is 0 Å². The number of hydrogen-bond acceptors (Lipinski definition) is 2. The number of urea groups is 1. The highest BCUT2D eigenvalue weighted by Crippen LogP contribution is 2.55. The molecule has 0 saturated carbocycles. The van der Waals surface area contributed by atoms with Crippen LogP contribution in [0.5, 0.6) is 0 Å². The average Bonchev–Trinajstić information content (AvgIpc) is 3.06. The normalized spacial score (nSPS) is 19.2. The van der Waals surface area contributed by atoms with E-state index in [0.29, 0.717) is 32.4 Å². The molecular formula is C25H26BrF3N2O3. The number of hydrogen-bond donors (Lipinski definition) is 1. The average molecular weight is 539 g/mol. The summed E-state index contributed by atoms with van der Waals surface area (Å²) < 4.78 is 41.0. The summed E-state index contributed by atoms with van der Waals surface area (Å²) in [7, 11) is 1.52. The van der Waals surface area contributed by atoms with Crippen LogP contribution in [0.15, 0.2) is 46.9 Å². The minimum atomic E-state index is -4.48. The molecule has 182 valence electrons. The van der Waals surface area contributed by atoms with Crippen LogP contribution in [-0.4, -0.2) is 47.0 Å².